The van der Waals surface area contributed by atoms with Gasteiger partial charge in [0.05, 0.1) is 19.9 Å². The van der Waals surface area contributed by atoms with E-state index in [1.807, 2.05) is 28.8 Å². The summed E-state index contributed by atoms with van der Waals surface area (Å²) < 4.78 is 11.0. The zero-order valence-corrected chi connectivity index (χ0v) is 10.7. The number of hydrogen-bond donors (Lipinski definition) is 0. The first kappa shape index (κ1) is 13.1. The fourth-order valence-corrected chi connectivity index (χ4v) is 1.84. The molecule has 19 heavy (non-hydrogen) atoms. The van der Waals surface area contributed by atoms with Crippen molar-refractivity contribution in [2.45, 2.75) is 6.42 Å². The summed E-state index contributed by atoms with van der Waals surface area (Å²) in [5.41, 5.74) is 1.39. The van der Waals surface area contributed by atoms with Gasteiger partial charge in [0.2, 0.25) is 0 Å². The van der Waals surface area contributed by atoms with Crippen molar-refractivity contribution in [3.8, 4) is 0 Å². The van der Waals surface area contributed by atoms with Gasteiger partial charge < -0.3 is 13.9 Å². The Morgan fingerprint density at radius 1 is 1.26 bits per heavy atom. The van der Waals surface area contributed by atoms with Crippen LogP contribution in [-0.4, -0.2) is 35.5 Å². The summed E-state index contributed by atoms with van der Waals surface area (Å²) in [7, 11) is 2.48. The van der Waals surface area contributed by atoms with Crippen molar-refractivity contribution in [2.75, 3.05) is 14.2 Å². The van der Waals surface area contributed by atoms with E-state index in [0.29, 0.717) is 5.69 Å². The Bertz CT molecular complexity index is 556. The van der Waals surface area contributed by atoms with E-state index < -0.39 is 17.9 Å². The molecule has 0 saturated carbocycles. The topological polar surface area (TPSA) is 69.9 Å². The second-order valence-corrected chi connectivity index (χ2v) is 4.00. The second kappa shape index (κ2) is 5.51. The summed E-state index contributed by atoms with van der Waals surface area (Å²) in [5.74, 6) is -2.23. The van der Waals surface area contributed by atoms with Gasteiger partial charge >= 0.3 is 11.9 Å². The highest BCUT2D eigenvalue weighted by Crippen LogP contribution is 2.13. The molecule has 0 atom stereocenters. The van der Waals surface area contributed by atoms with Gasteiger partial charge in [0.15, 0.2) is 5.92 Å². The highest BCUT2D eigenvalue weighted by atomic mass is 16.5. The number of ether oxygens (including phenoxy) is 2. The van der Waals surface area contributed by atoms with Crippen molar-refractivity contribution in [3.63, 3.8) is 0 Å². The first-order valence-electron chi connectivity index (χ1n) is 5.74. The van der Waals surface area contributed by atoms with Crippen LogP contribution in [0.25, 0.3) is 5.65 Å². The van der Waals surface area contributed by atoms with Gasteiger partial charge in [-0.15, -0.1) is 0 Å². The molecule has 0 aliphatic carbocycles. The van der Waals surface area contributed by atoms with Crippen LogP contribution in [0.1, 0.15) is 5.69 Å². The molecule has 0 aliphatic heterocycles. The summed E-state index contributed by atoms with van der Waals surface area (Å²) in [6.07, 6.45) is 3.77. The molecular formula is C13H14N2O4. The number of hydrogen-bond acceptors (Lipinski definition) is 5. The Kier molecular flexibility index (Phi) is 3.79. The number of esters is 2. The lowest BCUT2D eigenvalue weighted by Crippen LogP contribution is -2.28. The minimum Gasteiger partial charge on any atom is -0.468 e. The van der Waals surface area contributed by atoms with E-state index in [0.717, 1.165) is 5.65 Å². The van der Waals surface area contributed by atoms with E-state index in [1.165, 1.54) is 14.2 Å². The maximum atomic E-state index is 11.6. The summed E-state index contributed by atoms with van der Waals surface area (Å²) in [5, 5.41) is 0. The van der Waals surface area contributed by atoms with E-state index in [9.17, 15) is 9.59 Å². The van der Waals surface area contributed by atoms with Crippen LogP contribution in [0.15, 0.2) is 30.6 Å². The summed E-state index contributed by atoms with van der Waals surface area (Å²) in [4.78, 5) is 27.5. The molecule has 100 valence electrons. The molecule has 0 amide bonds. The van der Waals surface area contributed by atoms with Crippen LogP contribution >= 0.6 is 0 Å². The van der Waals surface area contributed by atoms with Crippen molar-refractivity contribution in [1.82, 2.24) is 9.38 Å². The molecule has 6 heteroatoms. The molecule has 0 bridgehead atoms. The molecule has 0 fully saturated rings. The minimum atomic E-state index is -0.986. The summed E-state index contributed by atoms with van der Waals surface area (Å²) >= 11 is 0. The fraction of sp³-hybridized carbons (Fsp3) is 0.308. The van der Waals surface area contributed by atoms with Crippen LogP contribution in [0.5, 0.6) is 0 Å². The van der Waals surface area contributed by atoms with Crippen LogP contribution in [0.3, 0.4) is 0 Å². The maximum Gasteiger partial charge on any atom is 0.320 e. The van der Waals surface area contributed by atoms with E-state index in [-0.39, 0.29) is 6.42 Å². The largest absolute Gasteiger partial charge is 0.468 e. The third-order valence-electron chi connectivity index (χ3n) is 2.80. The first-order chi connectivity index (χ1) is 9.15. The molecule has 6 nitrogen and oxygen atoms in total. The zero-order valence-electron chi connectivity index (χ0n) is 10.7. The van der Waals surface area contributed by atoms with Crippen molar-refractivity contribution in [3.05, 3.63) is 36.3 Å². The van der Waals surface area contributed by atoms with Crippen molar-refractivity contribution >= 4 is 17.6 Å². The van der Waals surface area contributed by atoms with Crippen molar-refractivity contribution in [1.29, 1.82) is 0 Å². The van der Waals surface area contributed by atoms with E-state index in [4.69, 9.17) is 0 Å². The Labute approximate surface area is 110 Å². The third kappa shape index (κ3) is 2.73. The smallest absolute Gasteiger partial charge is 0.320 e. The molecular weight excluding hydrogens is 248 g/mol. The Morgan fingerprint density at radius 2 is 1.95 bits per heavy atom. The molecule has 0 radical (unpaired) electrons. The van der Waals surface area contributed by atoms with Crippen LogP contribution < -0.4 is 0 Å². The molecule has 0 aliphatic rings. The van der Waals surface area contributed by atoms with Gasteiger partial charge in [-0.05, 0) is 12.1 Å². The van der Waals surface area contributed by atoms with Gasteiger partial charge in [-0.1, -0.05) is 6.07 Å². The van der Waals surface area contributed by atoms with Crippen molar-refractivity contribution < 1.29 is 19.1 Å². The van der Waals surface area contributed by atoms with E-state index >= 15 is 0 Å². The number of imidazole rings is 1. The molecule has 2 aromatic heterocycles. The van der Waals surface area contributed by atoms with Gasteiger partial charge in [-0.25, -0.2) is 4.98 Å². The van der Waals surface area contributed by atoms with Gasteiger partial charge in [0.25, 0.3) is 0 Å². The van der Waals surface area contributed by atoms with Gasteiger partial charge in [0.1, 0.15) is 5.65 Å². The average molecular weight is 262 g/mol. The number of fused-ring (bicyclic) bond motifs is 1. The SMILES string of the molecule is COC(=O)C(Cc1cn2ccccc2n1)C(=O)OC. The minimum absolute atomic E-state index is 0.154. The predicted octanol–water partition coefficient (Wildman–Crippen LogP) is 0.839. The third-order valence-corrected chi connectivity index (χ3v) is 2.80. The molecule has 0 aromatic carbocycles. The molecule has 2 rings (SSSR count). The standard InChI is InChI=1S/C13H14N2O4/c1-18-12(16)10(13(17)19-2)7-9-8-15-6-4-3-5-11(15)14-9/h3-6,8,10H,7H2,1-2H3. The van der Waals surface area contributed by atoms with Gasteiger partial charge in [-0.3, -0.25) is 9.59 Å². The number of pyridine rings is 1. The van der Waals surface area contributed by atoms with Crippen LogP contribution in [0, 0.1) is 5.92 Å². The predicted molar refractivity (Wildman–Crippen MR) is 66.4 cm³/mol. The van der Waals surface area contributed by atoms with Crippen LogP contribution in [0.2, 0.25) is 0 Å². The molecule has 2 heterocycles. The number of carbonyl (C=O) groups excluding carboxylic acids is 2. The number of methoxy groups -OCH3 is 2. The Hall–Kier alpha value is -2.37. The second-order valence-electron chi connectivity index (χ2n) is 4.00. The maximum absolute atomic E-state index is 11.6. The Morgan fingerprint density at radius 3 is 2.53 bits per heavy atom. The summed E-state index contributed by atoms with van der Waals surface area (Å²) in [6, 6.07) is 5.58. The van der Waals surface area contributed by atoms with E-state index in [2.05, 4.69) is 14.5 Å². The first-order valence-corrected chi connectivity index (χ1v) is 5.74. The molecule has 2 aromatic rings. The molecule has 0 N–H and O–H groups in total. The lowest BCUT2D eigenvalue weighted by molar-refractivity contribution is -0.158. The molecule has 0 spiro atoms. The number of carbonyl (C=O) groups is 2. The van der Waals surface area contributed by atoms with Gasteiger partial charge in [0, 0.05) is 18.8 Å². The lowest BCUT2D eigenvalue weighted by Gasteiger charge is -2.10. The van der Waals surface area contributed by atoms with E-state index in [1.54, 1.807) is 6.20 Å². The molecule has 0 saturated heterocycles. The van der Waals surface area contributed by atoms with Crippen LogP contribution in [0.4, 0.5) is 0 Å². The summed E-state index contributed by atoms with van der Waals surface area (Å²) in [6.45, 7) is 0. The number of rotatable bonds is 4. The number of aromatic nitrogens is 2. The number of nitrogens with zero attached hydrogens (tertiary/aromatic N) is 2. The lowest BCUT2D eigenvalue weighted by atomic mass is 10.0. The Balaban J connectivity index is 2.25. The fourth-order valence-electron chi connectivity index (χ4n) is 1.84. The highest BCUT2D eigenvalue weighted by molar-refractivity contribution is 5.95. The average Bonchev–Trinajstić information content (AvgIpc) is 2.85. The zero-order chi connectivity index (χ0) is 13.8. The molecule has 0 unspecified atom stereocenters. The monoisotopic (exact) mass is 262 g/mol. The van der Waals surface area contributed by atoms with Crippen LogP contribution in [-0.2, 0) is 25.5 Å². The quantitative estimate of drug-likeness (QED) is 0.603. The van der Waals surface area contributed by atoms with Crippen molar-refractivity contribution in [2.24, 2.45) is 5.92 Å². The van der Waals surface area contributed by atoms with Gasteiger partial charge in [-0.2, -0.15) is 0 Å². The highest BCUT2D eigenvalue weighted by Gasteiger charge is 2.29. The normalized spacial score (nSPS) is 10.7.